The Hall–Kier alpha value is -3.06. The van der Waals surface area contributed by atoms with E-state index in [4.69, 9.17) is 10.00 Å². The number of amides is 1. The first-order chi connectivity index (χ1) is 13.2. The third kappa shape index (κ3) is 4.03. The van der Waals surface area contributed by atoms with Crippen molar-refractivity contribution in [3.05, 3.63) is 82.9 Å². The number of carbonyl (C=O) groups excluding carboxylic acids is 1. The van der Waals surface area contributed by atoms with Crippen LogP contribution in [-0.2, 0) is 11.3 Å². The summed E-state index contributed by atoms with van der Waals surface area (Å²) in [5.74, 6) is 0.688. The summed E-state index contributed by atoms with van der Waals surface area (Å²) in [4.78, 5) is 14.6. The van der Waals surface area contributed by atoms with Gasteiger partial charge in [0, 0.05) is 6.54 Å². The van der Waals surface area contributed by atoms with E-state index in [-0.39, 0.29) is 18.7 Å². The molecule has 1 aliphatic carbocycles. The Kier molecular flexibility index (Phi) is 4.93. The van der Waals surface area contributed by atoms with Gasteiger partial charge in [-0.25, -0.2) is 4.79 Å². The Bertz CT molecular complexity index is 877. The minimum absolute atomic E-state index is 0.0402. The first-order valence-corrected chi connectivity index (χ1v) is 9.41. The zero-order valence-electron chi connectivity index (χ0n) is 15.2. The van der Waals surface area contributed by atoms with Crippen LogP contribution in [0.15, 0.2) is 66.2 Å². The van der Waals surface area contributed by atoms with Crippen LogP contribution in [0.3, 0.4) is 0 Å². The van der Waals surface area contributed by atoms with E-state index >= 15 is 0 Å². The summed E-state index contributed by atoms with van der Waals surface area (Å²) in [6.45, 7) is 0.847. The van der Waals surface area contributed by atoms with Gasteiger partial charge in [0.15, 0.2) is 0 Å². The number of ether oxygens (including phenoxy) is 1. The van der Waals surface area contributed by atoms with Gasteiger partial charge < -0.3 is 4.74 Å². The molecule has 1 atom stereocenters. The van der Waals surface area contributed by atoms with Gasteiger partial charge in [-0.15, -0.1) is 0 Å². The van der Waals surface area contributed by atoms with Gasteiger partial charge in [-0.3, -0.25) is 4.90 Å². The molecule has 1 unspecified atom stereocenters. The Morgan fingerprint density at radius 2 is 1.85 bits per heavy atom. The van der Waals surface area contributed by atoms with Crippen molar-refractivity contribution in [3.63, 3.8) is 0 Å². The molecule has 27 heavy (non-hydrogen) atoms. The molecule has 4 nitrogen and oxygen atoms in total. The van der Waals surface area contributed by atoms with Crippen LogP contribution in [0.2, 0.25) is 0 Å². The van der Waals surface area contributed by atoms with E-state index in [2.05, 4.69) is 12.1 Å². The van der Waals surface area contributed by atoms with Crippen LogP contribution in [0.25, 0.3) is 0 Å². The Balaban J connectivity index is 1.52. The molecular formula is C23H22N2O2. The Morgan fingerprint density at radius 1 is 1.11 bits per heavy atom. The normalized spacial score (nSPS) is 19.1. The smallest absolute Gasteiger partial charge is 0.410 e. The highest BCUT2D eigenvalue weighted by Gasteiger charge is 2.35. The van der Waals surface area contributed by atoms with Crippen molar-refractivity contribution >= 4 is 6.09 Å². The van der Waals surface area contributed by atoms with Gasteiger partial charge in [0.25, 0.3) is 0 Å². The summed E-state index contributed by atoms with van der Waals surface area (Å²) in [6.07, 6.45) is 5.26. The third-order valence-corrected chi connectivity index (χ3v) is 5.32. The maximum atomic E-state index is 12.8. The Morgan fingerprint density at radius 3 is 2.52 bits per heavy atom. The molecule has 0 radical (unpaired) electrons. The molecule has 1 fully saturated rings. The predicted molar refractivity (Wildman–Crippen MR) is 103 cm³/mol. The standard InChI is InChI=1S/C23H22N2O2/c24-15-17-6-8-20(9-7-17)22-14-21(19-10-11-19)12-13-25(22)23(26)27-16-18-4-2-1-3-5-18/h1-9,12,19,22H,10-11,13-14,16H2. The lowest BCUT2D eigenvalue weighted by molar-refractivity contribution is 0.0819. The van der Waals surface area contributed by atoms with Crippen LogP contribution in [0.4, 0.5) is 4.79 Å². The van der Waals surface area contributed by atoms with Gasteiger partial charge in [0.1, 0.15) is 6.61 Å². The summed E-state index contributed by atoms with van der Waals surface area (Å²) in [5.41, 5.74) is 4.12. The average Bonchev–Trinajstić information content (AvgIpc) is 3.58. The number of nitriles is 1. The van der Waals surface area contributed by atoms with Crippen molar-refractivity contribution in [1.29, 1.82) is 5.26 Å². The van der Waals surface area contributed by atoms with Gasteiger partial charge in [-0.1, -0.05) is 54.1 Å². The zero-order chi connectivity index (χ0) is 18.6. The summed E-state index contributed by atoms with van der Waals surface area (Å²) >= 11 is 0. The number of nitrogens with zero attached hydrogens (tertiary/aromatic N) is 2. The first-order valence-electron chi connectivity index (χ1n) is 9.41. The molecular weight excluding hydrogens is 336 g/mol. The van der Waals surface area contributed by atoms with E-state index in [0.717, 1.165) is 17.5 Å². The minimum Gasteiger partial charge on any atom is -0.445 e. The quantitative estimate of drug-likeness (QED) is 0.725. The molecule has 2 aliphatic rings. The summed E-state index contributed by atoms with van der Waals surface area (Å²) in [5, 5.41) is 9.04. The lowest BCUT2D eigenvalue weighted by Gasteiger charge is -2.35. The maximum Gasteiger partial charge on any atom is 0.410 e. The molecule has 1 heterocycles. The molecule has 1 aliphatic heterocycles. The van der Waals surface area contributed by atoms with Gasteiger partial charge in [0.05, 0.1) is 17.7 Å². The lowest BCUT2D eigenvalue weighted by Crippen LogP contribution is -2.38. The van der Waals surface area contributed by atoms with E-state index in [9.17, 15) is 4.79 Å². The van der Waals surface area contributed by atoms with Crippen molar-refractivity contribution < 1.29 is 9.53 Å². The largest absolute Gasteiger partial charge is 0.445 e. The molecule has 0 N–H and O–H groups in total. The third-order valence-electron chi connectivity index (χ3n) is 5.32. The number of carbonyl (C=O) groups is 1. The van der Waals surface area contributed by atoms with E-state index in [1.807, 2.05) is 54.6 Å². The van der Waals surface area contributed by atoms with E-state index < -0.39 is 0 Å². The lowest BCUT2D eigenvalue weighted by atomic mass is 9.91. The molecule has 4 rings (SSSR count). The highest BCUT2D eigenvalue weighted by atomic mass is 16.6. The van der Waals surface area contributed by atoms with Crippen LogP contribution >= 0.6 is 0 Å². The first kappa shape index (κ1) is 17.4. The van der Waals surface area contributed by atoms with Gasteiger partial charge in [-0.05, 0) is 48.4 Å². The molecule has 2 aromatic rings. The summed E-state index contributed by atoms with van der Waals surface area (Å²) in [7, 11) is 0. The molecule has 136 valence electrons. The number of rotatable bonds is 4. The van der Waals surface area contributed by atoms with Gasteiger partial charge in [0.2, 0.25) is 0 Å². The summed E-state index contributed by atoms with van der Waals surface area (Å²) in [6, 6.07) is 19.4. The van der Waals surface area contributed by atoms with E-state index in [0.29, 0.717) is 18.0 Å². The molecule has 0 spiro atoms. The molecule has 1 amide bonds. The maximum absolute atomic E-state index is 12.8. The molecule has 4 heteroatoms. The van der Waals surface area contributed by atoms with Gasteiger partial charge >= 0.3 is 6.09 Å². The molecule has 0 bridgehead atoms. The van der Waals surface area contributed by atoms with Gasteiger partial charge in [-0.2, -0.15) is 5.26 Å². The van der Waals surface area contributed by atoms with Crippen molar-refractivity contribution in [2.45, 2.75) is 31.9 Å². The topological polar surface area (TPSA) is 53.3 Å². The number of benzene rings is 2. The Labute approximate surface area is 159 Å². The van der Waals surface area contributed by atoms with Crippen molar-refractivity contribution in [2.75, 3.05) is 6.54 Å². The number of hydrogen-bond acceptors (Lipinski definition) is 3. The van der Waals surface area contributed by atoms with Crippen LogP contribution in [-0.4, -0.2) is 17.5 Å². The SMILES string of the molecule is N#Cc1ccc(C2CC(C3CC3)=CCN2C(=O)OCc2ccccc2)cc1. The van der Waals surface area contributed by atoms with Crippen molar-refractivity contribution in [3.8, 4) is 6.07 Å². The highest BCUT2D eigenvalue weighted by Crippen LogP contribution is 2.44. The minimum atomic E-state index is -0.292. The average molecular weight is 358 g/mol. The molecule has 1 saturated carbocycles. The fraction of sp³-hybridized carbons (Fsp3) is 0.304. The summed E-state index contributed by atoms with van der Waals surface area (Å²) < 4.78 is 5.58. The van der Waals surface area contributed by atoms with E-state index in [1.165, 1.54) is 18.4 Å². The predicted octanol–water partition coefficient (Wildman–Crippen LogP) is 4.98. The highest BCUT2D eigenvalue weighted by molar-refractivity contribution is 5.69. The zero-order valence-corrected chi connectivity index (χ0v) is 15.2. The van der Waals surface area contributed by atoms with E-state index in [1.54, 1.807) is 4.90 Å². The fourth-order valence-corrected chi connectivity index (χ4v) is 3.63. The second-order valence-electron chi connectivity index (χ2n) is 7.20. The second kappa shape index (κ2) is 7.67. The molecule has 0 aromatic heterocycles. The van der Waals surface area contributed by atoms with Crippen molar-refractivity contribution in [2.24, 2.45) is 5.92 Å². The number of hydrogen-bond donors (Lipinski definition) is 0. The molecule has 0 saturated heterocycles. The van der Waals surface area contributed by atoms with Crippen LogP contribution < -0.4 is 0 Å². The fourth-order valence-electron chi connectivity index (χ4n) is 3.63. The van der Waals surface area contributed by atoms with Crippen LogP contribution in [0.1, 0.15) is 42.0 Å². The monoisotopic (exact) mass is 358 g/mol. The van der Waals surface area contributed by atoms with Crippen LogP contribution in [0.5, 0.6) is 0 Å². The second-order valence-corrected chi connectivity index (χ2v) is 7.20. The molecule has 2 aromatic carbocycles. The van der Waals surface area contributed by atoms with Crippen LogP contribution in [0, 0.1) is 17.2 Å². The van der Waals surface area contributed by atoms with Crippen molar-refractivity contribution in [1.82, 2.24) is 4.90 Å².